The minimum atomic E-state index is 0.221. The van der Waals surface area contributed by atoms with Gasteiger partial charge in [-0.05, 0) is 42.7 Å². The van der Waals surface area contributed by atoms with E-state index in [-0.39, 0.29) is 5.91 Å². The Bertz CT molecular complexity index is 394. The van der Waals surface area contributed by atoms with E-state index in [1.54, 1.807) is 11.3 Å². The predicted molar refractivity (Wildman–Crippen MR) is 76.1 cm³/mol. The van der Waals surface area contributed by atoms with Crippen molar-refractivity contribution in [2.45, 2.75) is 31.5 Å². The van der Waals surface area contributed by atoms with Crippen LogP contribution in [-0.4, -0.2) is 28.7 Å². The first kappa shape index (κ1) is 13.1. The molecule has 2 nitrogen and oxygen atoms in total. The van der Waals surface area contributed by atoms with E-state index in [2.05, 4.69) is 22.9 Å². The van der Waals surface area contributed by atoms with E-state index in [4.69, 9.17) is 0 Å². The van der Waals surface area contributed by atoms with Gasteiger partial charge >= 0.3 is 0 Å². The number of thiophene rings is 1. The van der Waals surface area contributed by atoms with E-state index >= 15 is 0 Å². The van der Waals surface area contributed by atoms with Crippen molar-refractivity contribution < 1.29 is 4.79 Å². The van der Waals surface area contributed by atoms with Crippen molar-refractivity contribution in [3.63, 3.8) is 0 Å². The first-order chi connectivity index (χ1) is 8.09. The minimum Gasteiger partial charge on any atom is -0.338 e. The molecule has 1 aliphatic rings. The zero-order chi connectivity index (χ0) is 12.4. The topological polar surface area (TPSA) is 20.3 Å². The number of alkyl halides is 1. The molecule has 2 rings (SSSR count). The van der Waals surface area contributed by atoms with Gasteiger partial charge in [-0.15, -0.1) is 11.3 Å². The van der Waals surface area contributed by atoms with Crippen LogP contribution < -0.4 is 0 Å². The van der Waals surface area contributed by atoms with E-state index in [1.807, 2.05) is 23.3 Å². The molecule has 1 aromatic heterocycles. The number of nitrogens with zero attached hydrogens (tertiary/aromatic N) is 1. The average molecular weight is 316 g/mol. The number of carbonyl (C=O) groups is 1. The molecule has 1 aromatic rings. The van der Waals surface area contributed by atoms with Crippen molar-refractivity contribution >= 4 is 33.2 Å². The molecule has 0 aromatic carbocycles. The van der Waals surface area contributed by atoms with Gasteiger partial charge in [0.1, 0.15) is 0 Å². The van der Waals surface area contributed by atoms with Crippen LogP contribution in [0.25, 0.3) is 0 Å². The average Bonchev–Trinajstić information content (AvgIpc) is 2.74. The highest BCUT2D eigenvalue weighted by Crippen LogP contribution is 2.27. The van der Waals surface area contributed by atoms with Gasteiger partial charge < -0.3 is 4.90 Å². The Kier molecular flexibility index (Phi) is 4.26. The number of amides is 1. The summed E-state index contributed by atoms with van der Waals surface area (Å²) in [5, 5.41) is 2.00. The fourth-order valence-electron chi connectivity index (χ4n) is 2.30. The minimum absolute atomic E-state index is 0.221. The largest absolute Gasteiger partial charge is 0.338 e. The van der Waals surface area contributed by atoms with Gasteiger partial charge in [-0.2, -0.15) is 0 Å². The summed E-state index contributed by atoms with van der Waals surface area (Å²) in [6.45, 7) is 6.01. The van der Waals surface area contributed by atoms with E-state index in [0.29, 0.717) is 10.7 Å². The third-order valence-corrected chi connectivity index (χ3v) is 5.28. The van der Waals surface area contributed by atoms with Crippen LogP contribution in [0.1, 0.15) is 35.0 Å². The number of piperidine rings is 1. The second-order valence-electron chi connectivity index (χ2n) is 4.74. The summed E-state index contributed by atoms with van der Waals surface area (Å²) in [6.07, 6.45) is 2.23. The maximum Gasteiger partial charge on any atom is 0.264 e. The van der Waals surface area contributed by atoms with E-state index < -0.39 is 0 Å². The van der Waals surface area contributed by atoms with E-state index in [0.717, 1.165) is 36.4 Å². The summed E-state index contributed by atoms with van der Waals surface area (Å²) in [4.78, 5) is 15.8. The summed E-state index contributed by atoms with van der Waals surface area (Å²) >= 11 is 5.20. The Hall–Kier alpha value is -0.350. The van der Waals surface area contributed by atoms with Crippen molar-refractivity contribution in [3.8, 4) is 0 Å². The molecule has 1 amide bonds. The van der Waals surface area contributed by atoms with Gasteiger partial charge in [-0.25, -0.2) is 0 Å². The zero-order valence-electron chi connectivity index (χ0n) is 10.3. The summed E-state index contributed by atoms with van der Waals surface area (Å²) in [6, 6.07) is 2.02. The van der Waals surface area contributed by atoms with Crippen molar-refractivity contribution in [1.29, 1.82) is 0 Å². The van der Waals surface area contributed by atoms with Gasteiger partial charge in [0, 0.05) is 17.9 Å². The van der Waals surface area contributed by atoms with Crippen molar-refractivity contribution in [3.05, 3.63) is 21.9 Å². The van der Waals surface area contributed by atoms with Gasteiger partial charge in [0.05, 0.1) is 4.88 Å². The van der Waals surface area contributed by atoms with Crippen LogP contribution >= 0.6 is 27.3 Å². The summed E-state index contributed by atoms with van der Waals surface area (Å²) < 4.78 is 0. The predicted octanol–water partition coefficient (Wildman–Crippen LogP) is 3.69. The second kappa shape index (κ2) is 5.53. The van der Waals surface area contributed by atoms with Gasteiger partial charge in [-0.1, -0.05) is 22.9 Å². The number of likely N-dealkylation sites (tertiary alicyclic amines) is 1. The zero-order valence-corrected chi connectivity index (χ0v) is 12.7. The van der Waals surface area contributed by atoms with Crippen molar-refractivity contribution in [2.24, 2.45) is 5.92 Å². The molecule has 0 aliphatic carbocycles. The molecule has 2 heterocycles. The van der Waals surface area contributed by atoms with Crippen molar-refractivity contribution in [1.82, 2.24) is 4.90 Å². The maximum atomic E-state index is 12.3. The highest BCUT2D eigenvalue weighted by molar-refractivity contribution is 9.09. The Labute approximate surface area is 115 Å². The molecule has 94 valence electrons. The number of halogens is 1. The highest BCUT2D eigenvalue weighted by Gasteiger charge is 2.26. The number of rotatable bonds is 2. The normalized spacial score (nSPS) is 19.4. The van der Waals surface area contributed by atoms with Crippen LogP contribution in [0, 0.1) is 12.8 Å². The molecular weight excluding hydrogens is 298 g/mol. The lowest BCUT2D eigenvalue weighted by Gasteiger charge is -2.33. The molecule has 17 heavy (non-hydrogen) atoms. The monoisotopic (exact) mass is 315 g/mol. The fourth-order valence-corrected chi connectivity index (χ4v) is 3.72. The molecule has 1 fully saturated rings. The molecule has 0 radical (unpaired) electrons. The lowest BCUT2D eigenvalue weighted by atomic mass is 9.94. The molecule has 1 unspecified atom stereocenters. The van der Waals surface area contributed by atoms with Gasteiger partial charge in [0.25, 0.3) is 5.91 Å². The number of hydrogen-bond acceptors (Lipinski definition) is 2. The molecule has 1 aliphatic heterocycles. The lowest BCUT2D eigenvalue weighted by Crippen LogP contribution is -2.39. The Morgan fingerprint density at radius 2 is 2.18 bits per heavy atom. The quantitative estimate of drug-likeness (QED) is 0.762. The van der Waals surface area contributed by atoms with Gasteiger partial charge in [0.2, 0.25) is 0 Å². The Morgan fingerprint density at radius 1 is 1.53 bits per heavy atom. The summed E-state index contributed by atoms with van der Waals surface area (Å²) in [5.41, 5.74) is 1.11. The van der Waals surface area contributed by atoms with E-state index in [9.17, 15) is 4.79 Å². The molecular formula is C13H18BrNOS. The summed E-state index contributed by atoms with van der Waals surface area (Å²) in [7, 11) is 0. The van der Waals surface area contributed by atoms with Gasteiger partial charge in [0.15, 0.2) is 0 Å². The fraction of sp³-hybridized carbons (Fsp3) is 0.615. The van der Waals surface area contributed by atoms with Crippen LogP contribution in [0.5, 0.6) is 0 Å². The molecule has 0 spiro atoms. The third-order valence-electron chi connectivity index (χ3n) is 3.53. The van der Waals surface area contributed by atoms with Crippen LogP contribution in [0.4, 0.5) is 0 Å². The second-order valence-corrected chi connectivity index (χ2v) is 7.10. The Morgan fingerprint density at radius 3 is 2.65 bits per heavy atom. The maximum absolute atomic E-state index is 12.3. The number of carbonyl (C=O) groups excluding carboxylic acids is 1. The molecule has 4 heteroatoms. The molecule has 1 atom stereocenters. The number of hydrogen-bond donors (Lipinski definition) is 0. The first-order valence-corrected chi connectivity index (χ1v) is 7.86. The molecule has 0 N–H and O–H groups in total. The molecule has 1 saturated heterocycles. The van der Waals surface area contributed by atoms with Crippen LogP contribution in [0.15, 0.2) is 11.4 Å². The standard InChI is InChI=1S/C13H18BrNOS/c1-9-5-8-17-12(9)13(16)15-6-3-11(4-7-15)10(2)14/h5,8,10-11H,3-4,6-7H2,1-2H3. The van der Waals surface area contributed by atoms with Gasteiger partial charge in [-0.3, -0.25) is 4.79 Å². The Balaban J connectivity index is 1.98. The SMILES string of the molecule is Cc1ccsc1C(=O)N1CCC(C(C)Br)CC1. The van der Waals surface area contributed by atoms with Crippen LogP contribution in [0.3, 0.4) is 0 Å². The number of aryl methyl sites for hydroxylation is 1. The van der Waals surface area contributed by atoms with Crippen LogP contribution in [0.2, 0.25) is 0 Å². The first-order valence-electron chi connectivity index (χ1n) is 6.07. The van der Waals surface area contributed by atoms with Crippen molar-refractivity contribution in [2.75, 3.05) is 13.1 Å². The highest BCUT2D eigenvalue weighted by atomic mass is 79.9. The van der Waals surface area contributed by atoms with E-state index in [1.165, 1.54) is 0 Å². The smallest absolute Gasteiger partial charge is 0.264 e. The van der Waals surface area contributed by atoms with Crippen LogP contribution in [-0.2, 0) is 0 Å². The molecule has 0 saturated carbocycles. The summed E-state index contributed by atoms with van der Waals surface area (Å²) in [5.74, 6) is 0.932. The third kappa shape index (κ3) is 2.91. The molecule has 0 bridgehead atoms. The lowest BCUT2D eigenvalue weighted by molar-refractivity contribution is 0.0696.